The molecular weight excluding hydrogens is 394 g/mol. The van der Waals surface area contributed by atoms with Gasteiger partial charge in [-0.3, -0.25) is 9.69 Å². The quantitative estimate of drug-likeness (QED) is 0.610. The Morgan fingerprint density at radius 3 is 2.32 bits per heavy atom. The lowest BCUT2D eigenvalue weighted by atomic mass is 10.0. The molecule has 4 rings (SSSR count). The fourth-order valence-electron chi connectivity index (χ4n) is 4.41. The van der Waals surface area contributed by atoms with E-state index in [0.29, 0.717) is 25.2 Å². The van der Waals surface area contributed by atoms with E-state index < -0.39 is 18.0 Å². The average molecular weight is 421 g/mol. The van der Waals surface area contributed by atoms with Crippen LogP contribution in [0.1, 0.15) is 34.5 Å². The van der Waals surface area contributed by atoms with Gasteiger partial charge in [0.2, 0.25) is 0 Å². The molecule has 0 amide bonds. The highest BCUT2D eigenvalue weighted by Gasteiger charge is 2.32. The normalized spacial score (nSPS) is 16.4. The summed E-state index contributed by atoms with van der Waals surface area (Å²) in [5, 5.41) is 20.4. The predicted molar refractivity (Wildman–Crippen MR) is 119 cm³/mol. The molecule has 7 heteroatoms. The Hall–Kier alpha value is -3.16. The van der Waals surface area contributed by atoms with E-state index in [4.69, 9.17) is 0 Å². The summed E-state index contributed by atoms with van der Waals surface area (Å²) in [6, 6.07) is 14.0. The first-order valence-electron chi connectivity index (χ1n) is 10.6. The largest absolute Gasteiger partial charge is 0.480 e. The number of carbonyl (C=O) groups is 2. The molecular formula is C24H27N3O4. The molecule has 162 valence electrons. The Bertz CT molecular complexity index is 1080. The summed E-state index contributed by atoms with van der Waals surface area (Å²) in [5.74, 6) is -1.88. The lowest BCUT2D eigenvalue weighted by Gasteiger charge is -2.37. The van der Waals surface area contributed by atoms with Gasteiger partial charge in [-0.15, -0.1) is 0 Å². The van der Waals surface area contributed by atoms with Crippen molar-refractivity contribution in [1.29, 1.82) is 0 Å². The first kappa shape index (κ1) is 21.1. The van der Waals surface area contributed by atoms with Gasteiger partial charge >= 0.3 is 11.9 Å². The van der Waals surface area contributed by atoms with Gasteiger partial charge in [0, 0.05) is 55.4 Å². The number of fused-ring (bicyclic) bond motifs is 1. The van der Waals surface area contributed by atoms with E-state index in [1.807, 2.05) is 46.0 Å². The Morgan fingerprint density at radius 1 is 1.00 bits per heavy atom. The predicted octanol–water partition coefficient (Wildman–Crippen LogP) is 3.15. The molecule has 2 heterocycles. The minimum absolute atomic E-state index is 0.190. The van der Waals surface area contributed by atoms with Gasteiger partial charge in [-0.05, 0) is 24.2 Å². The number of piperazine rings is 1. The SMILES string of the molecule is CCN1CCN([C@H](C(=O)O)c2cn(Cc3ccccc3)c3cc(C(=O)O)ccc23)CC1. The topological polar surface area (TPSA) is 86.0 Å². The number of nitrogens with zero attached hydrogens (tertiary/aromatic N) is 3. The maximum atomic E-state index is 12.4. The number of aliphatic carboxylic acids is 1. The number of aromatic carboxylic acids is 1. The van der Waals surface area contributed by atoms with Crippen molar-refractivity contribution in [2.24, 2.45) is 0 Å². The fraction of sp³-hybridized carbons (Fsp3) is 0.333. The van der Waals surface area contributed by atoms with Crippen LogP contribution in [-0.4, -0.2) is 69.2 Å². The number of hydrogen-bond acceptors (Lipinski definition) is 4. The lowest BCUT2D eigenvalue weighted by Crippen LogP contribution is -2.49. The van der Waals surface area contributed by atoms with E-state index >= 15 is 0 Å². The van der Waals surface area contributed by atoms with Crippen LogP contribution in [0.5, 0.6) is 0 Å². The summed E-state index contributed by atoms with van der Waals surface area (Å²) < 4.78 is 1.96. The summed E-state index contributed by atoms with van der Waals surface area (Å²) in [4.78, 5) is 28.3. The molecule has 0 saturated carbocycles. The Kier molecular flexibility index (Phi) is 6.06. The van der Waals surface area contributed by atoms with Crippen LogP contribution >= 0.6 is 0 Å². The summed E-state index contributed by atoms with van der Waals surface area (Å²) in [5.41, 5.74) is 2.70. The summed E-state index contributed by atoms with van der Waals surface area (Å²) in [7, 11) is 0. The molecule has 0 spiro atoms. The first-order valence-corrected chi connectivity index (χ1v) is 10.6. The van der Waals surface area contributed by atoms with Crippen LogP contribution < -0.4 is 0 Å². The molecule has 2 N–H and O–H groups in total. The van der Waals surface area contributed by atoms with Crippen LogP contribution in [0, 0.1) is 0 Å². The van der Waals surface area contributed by atoms with Gasteiger partial charge in [0.15, 0.2) is 0 Å². The lowest BCUT2D eigenvalue weighted by molar-refractivity contribution is -0.144. The molecule has 1 fully saturated rings. The van der Waals surface area contributed by atoms with Gasteiger partial charge in [-0.1, -0.05) is 43.3 Å². The number of aromatic nitrogens is 1. The number of carboxylic acid groups (broad SMARTS) is 2. The summed E-state index contributed by atoms with van der Waals surface area (Å²) >= 11 is 0. The van der Waals surface area contributed by atoms with Crippen molar-refractivity contribution in [3.63, 3.8) is 0 Å². The molecule has 1 atom stereocenters. The Labute approximate surface area is 181 Å². The van der Waals surface area contributed by atoms with E-state index in [0.717, 1.165) is 36.1 Å². The molecule has 0 bridgehead atoms. The molecule has 0 aliphatic carbocycles. The van der Waals surface area contributed by atoms with Crippen LogP contribution in [0.2, 0.25) is 0 Å². The van der Waals surface area contributed by atoms with E-state index in [1.165, 1.54) is 0 Å². The highest BCUT2D eigenvalue weighted by Crippen LogP contribution is 2.32. The summed E-state index contributed by atoms with van der Waals surface area (Å²) in [6.45, 7) is 6.66. The average Bonchev–Trinajstić information content (AvgIpc) is 3.12. The zero-order valence-electron chi connectivity index (χ0n) is 17.6. The maximum Gasteiger partial charge on any atom is 0.335 e. The molecule has 0 unspecified atom stereocenters. The molecule has 1 aliphatic rings. The molecule has 31 heavy (non-hydrogen) atoms. The zero-order chi connectivity index (χ0) is 22.0. The van der Waals surface area contributed by atoms with Crippen molar-refractivity contribution >= 4 is 22.8 Å². The second-order valence-electron chi connectivity index (χ2n) is 7.95. The van der Waals surface area contributed by atoms with E-state index in [-0.39, 0.29) is 5.56 Å². The third-order valence-corrected chi connectivity index (χ3v) is 6.10. The van der Waals surface area contributed by atoms with Crippen LogP contribution in [0.3, 0.4) is 0 Å². The van der Waals surface area contributed by atoms with Gasteiger partial charge in [0.25, 0.3) is 0 Å². The highest BCUT2D eigenvalue weighted by atomic mass is 16.4. The van der Waals surface area contributed by atoms with Crippen LogP contribution in [0.25, 0.3) is 10.9 Å². The van der Waals surface area contributed by atoms with E-state index in [2.05, 4.69) is 11.8 Å². The van der Waals surface area contributed by atoms with Gasteiger partial charge in [-0.2, -0.15) is 0 Å². The van der Waals surface area contributed by atoms with Gasteiger partial charge in [0.1, 0.15) is 6.04 Å². The standard InChI is InChI=1S/C24H27N3O4/c1-2-25-10-12-26(13-11-25)22(24(30)31)20-16-27(15-17-6-4-3-5-7-17)21-14-18(23(28)29)8-9-19(20)21/h3-9,14,16,22H,2,10-13,15H2,1H3,(H,28,29)(H,30,31)/t22-/m0/s1. The minimum Gasteiger partial charge on any atom is -0.480 e. The maximum absolute atomic E-state index is 12.4. The van der Waals surface area contributed by atoms with E-state index in [9.17, 15) is 19.8 Å². The van der Waals surface area contributed by atoms with Gasteiger partial charge in [0.05, 0.1) is 5.56 Å². The van der Waals surface area contributed by atoms with Crippen LogP contribution in [0.4, 0.5) is 0 Å². The second kappa shape index (κ2) is 8.91. The third-order valence-electron chi connectivity index (χ3n) is 6.10. The van der Waals surface area contributed by atoms with Crippen molar-refractivity contribution in [3.8, 4) is 0 Å². The van der Waals surface area contributed by atoms with Crippen molar-refractivity contribution < 1.29 is 19.8 Å². The Balaban J connectivity index is 1.78. The molecule has 1 saturated heterocycles. The van der Waals surface area contributed by atoms with Crippen LogP contribution in [-0.2, 0) is 11.3 Å². The fourth-order valence-corrected chi connectivity index (χ4v) is 4.41. The molecule has 2 aromatic carbocycles. The van der Waals surface area contributed by atoms with Gasteiger partial charge < -0.3 is 19.7 Å². The van der Waals surface area contributed by atoms with Crippen molar-refractivity contribution in [1.82, 2.24) is 14.4 Å². The molecule has 7 nitrogen and oxygen atoms in total. The molecule has 1 aliphatic heterocycles. The van der Waals surface area contributed by atoms with Crippen molar-refractivity contribution in [2.45, 2.75) is 19.5 Å². The van der Waals surface area contributed by atoms with Gasteiger partial charge in [-0.25, -0.2) is 4.79 Å². The monoisotopic (exact) mass is 421 g/mol. The summed E-state index contributed by atoms with van der Waals surface area (Å²) in [6.07, 6.45) is 1.88. The van der Waals surface area contributed by atoms with E-state index in [1.54, 1.807) is 18.2 Å². The van der Waals surface area contributed by atoms with Crippen LogP contribution in [0.15, 0.2) is 54.7 Å². The minimum atomic E-state index is -0.999. The number of rotatable bonds is 7. The molecule has 3 aromatic rings. The van der Waals surface area contributed by atoms with Crippen molar-refractivity contribution in [2.75, 3.05) is 32.7 Å². The Morgan fingerprint density at radius 2 is 1.71 bits per heavy atom. The number of benzene rings is 2. The third kappa shape index (κ3) is 4.33. The smallest absolute Gasteiger partial charge is 0.335 e. The van der Waals surface area contributed by atoms with Crippen molar-refractivity contribution in [3.05, 3.63) is 71.4 Å². The second-order valence-corrected chi connectivity index (χ2v) is 7.95. The number of carboxylic acids is 2. The first-order chi connectivity index (χ1) is 15.0. The highest BCUT2D eigenvalue weighted by molar-refractivity contribution is 5.96. The molecule has 0 radical (unpaired) electrons. The zero-order valence-corrected chi connectivity index (χ0v) is 17.6. The molecule has 1 aromatic heterocycles. The number of hydrogen-bond donors (Lipinski definition) is 2. The number of likely N-dealkylation sites (N-methyl/N-ethyl adjacent to an activating group) is 1.